The Morgan fingerprint density at radius 1 is 0.577 bits per heavy atom. The zero-order valence-electron chi connectivity index (χ0n) is 31.4. The average molecular weight is 685 g/mol. The van der Waals surface area contributed by atoms with E-state index < -0.39 is 0 Å². The van der Waals surface area contributed by atoms with Crippen LogP contribution in [0.15, 0.2) is 163 Å². The Balaban J connectivity index is 0.000000187. The quantitative estimate of drug-likeness (QED) is 0.125. The number of rotatable bonds is 2. The summed E-state index contributed by atoms with van der Waals surface area (Å²) < 4.78 is 2.42. The van der Waals surface area contributed by atoms with Gasteiger partial charge in [-0.25, -0.2) is 0 Å². The summed E-state index contributed by atoms with van der Waals surface area (Å²) in [5.41, 5.74) is 21.2. The maximum absolute atomic E-state index is 5.67. The van der Waals surface area contributed by atoms with Gasteiger partial charge in [0.1, 0.15) is 0 Å². The number of benzene rings is 6. The SMILES string of the molecule is CC.Cc1cccc(-n2c3ccccc3c3c4c(ccc32)C(C)(C)c2ccccc2-4)c1.Cc1ccccc1.NC1=CC=C(c2ccccc2)C1.NN. The third-order valence-electron chi connectivity index (χ3n) is 9.62. The molecule has 0 unspecified atom stereocenters. The van der Waals surface area contributed by atoms with Crippen LogP contribution in [-0.4, -0.2) is 4.57 Å². The Morgan fingerprint density at radius 2 is 1.19 bits per heavy atom. The second-order valence-corrected chi connectivity index (χ2v) is 13.4. The first-order valence-corrected chi connectivity index (χ1v) is 18.1. The van der Waals surface area contributed by atoms with Gasteiger partial charge in [0.2, 0.25) is 0 Å². The van der Waals surface area contributed by atoms with Crippen LogP contribution in [0.25, 0.3) is 44.2 Å². The molecule has 0 atom stereocenters. The molecule has 0 bridgehead atoms. The predicted octanol–water partition coefficient (Wildman–Crippen LogP) is 11.6. The highest BCUT2D eigenvalue weighted by atomic mass is 15.0. The molecule has 7 aromatic rings. The smallest absolute Gasteiger partial charge is 0.0547 e. The van der Waals surface area contributed by atoms with Crippen molar-refractivity contribution in [2.45, 2.75) is 53.4 Å². The zero-order chi connectivity index (χ0) is 37.3. The largest absolute Gasteiger partial charge is 0.402 e. The van der Waals surface area contributed by atoms with Gasteiger partial charge in [-0.2, -0.15) is 0 Å². The Kier molecular flexibility index (Phi) is 12.3. The number of allylic oxidation sites excluding steroid dienone is 3. The Bertz CT molecular complexity index is 2310. The highest BCUT2D eigenvalue weighted by molar-refractivity contribution is 6.17. The minimum Gasteiger partial charge on any atom is -0.402 e. The van der Waals surface area contributed by atoms with Gasteiger partial charge in [-0.05, 0) is 83.1 Å². The lowest BCUT2D eigenvalue weighted by Crippen LogP contribution is -2.14. The summed E-state index contributed by atoms with van der Waals surface area (Å²) in [5, 5.41) is 2.70. The Morgan fingerprint density at radius 3 is 1.83 bits per heavy atom. The van der Waals surface area contributed by atoms with Crippen molar-refractivity contribution in [2.75, 3.05) is 0 Å². The average Bonchev–Trinajstić information content (AvgIpc) is 3.85. The molecule has 0 saturated heterocycles. The van der Waals surface area contributed by atoms with Crippen LogP contribution in [0, 0.1) is 13.8 Å². The minimum atomic E-state index is 0.0205. The number of aromatic nitrogens is 1. The fourth-order valence-corrected chi connectivity index (χ4v) is 7.23. The molecule has 9 rings (SSSR count). The highest BCUT2D eigenvalue weighted by Crippen LogP contribution is 2.53. The molecular weight excluding hydrogens is 633 g/mol. The molecule has 0 amide bonds. The van der Waals surface area contributed by atoms with E-state index in [0.717, 1.165) is 12.1 Å². The molecule has 6 N–H and O–H groups in total. The van der Waals surface area contributed by atoms with E-state index >= 15 is 0 Å². The Labute approximate surface area is 309 Å². The third kappa shape index (κ3) is 7.64. The summed E-state index contributed by atoms with van der Waals surface area (Å²) in [5.74, 6) is 8.00. The lowest BCUT2D eigenvalue weighted by atomic mass is 9.82. The number of nitrogens with zero attached hydrogens (tertiary/aromatic N) is 1. The summed E-state index contributed by atoms with van der Waals surface area (Å²) in [6.45, 7) is 12.9. The molecular formula is C48H52N4. The monoisotopic (exact) mass is 684 g/mol. The van der Waals surface area contributed by atoms with Gasteiger partial charge < -0.3 is 10.3 Å². The second-order valence-electron chi connectivity index (χ2n) is 13.4. The first-order valence-electron chi connectivity index (χ1n) is 18.1. The number of nitrogens with two attached hydrogens (primary N) is 3. The highest BCUT2D eigenvalue weighted by Gasteiger charge is 2.37. The molecule has 4 nitrogen and oxygen atoms in total. The minimum absolute atomic E-state index is 0.0205. The third-order valence-corrected chi connectivity index (χ3v) is 9.62. The molecule has 0 fully saturated rings. The number of hydrazine groups is 1. The first kappa shape index (κ1) is 37.6. The van der Waals surface area contributed by atoms with Gasteiger partial charge in [0.25, 0.3) is 0 Å². The lowest BCUT2D eigenvalue weighted by molar-refractivity contribution is 0.661. The molecule has 4 heteroatoms. The van der Waals surface area contributed by atoms with E-state index in [1.54, 1.807) is 0 Å². The zero-order valence-corrected chi connectivity index (χ0v) is 31.4. The van der Waals surface area contributed by atoms with E-state index in [-0.39, 0.29) is 5.41 Å². The number of fused-ring (bicyclic) bond motifs is 7. The first-order chi connectivity index (χ1) is 25.3. The summed E-state index contributed by atoms with van der Waals surface area (Å²) in [4.78, 5) is 0. The van der Waals surface area contributed by atoms with Gasteiger partial charge in [0.05, 0.1) is 11.0 Å². The topological polar surface area (TPSA) is 83.0 Å². The van der Waals surface area contributed by atoms with Gasteiger partial charge in [-0.1, -0.05) is 161 Å². The molecule has 1 heterocycles. The second kappa shape index (κ2) is 17.0. The molecule has 2 aliphatic rings. The summed E-state index contributed by atoms with van der Waals surface area (Å²) >= 11 is 0. The van der Waals surface area contributed by atoms with E-state index in [0.29, 0.717) is 0 Å². The van der Waals surface area contributed by atoms with Gasteiger partial charge in [0, 0.05) is 34.0 Å². The summed E-state index contributed by atoms with van der Waals surface area (Å²) in [6.07, 6.45) is 4.96. The molecule has 52 heavy (non-hydrogen) atoms. The predicted molar refractivity (Wildman–Crippen MR) is 225 cm³/mol. The van der Waals surface area contributed by atoms with Crippen molar-refractivity contribution >= 4 is 27.4 Å². The van der Waals surface area contributed by atoms with E-state index in [4.69, 9.17) is 5.73 Å². The maximum Gasteiger partial charge on any atom is 0.0547 e. The van der Waals surface area contributed by atoms with Crippen molar-refractivity contribution in [1.29, 1.82) is 0 Å². The molecule has 0 saturated carbocycles. The van der Waals surface area contributed by atoms with Crippen LogP contribution < -0.4 is 17.4 Å². The number of hydrogen-bond donors (Lipinski definition) is 3. The van der Waals surface area contributed by atoms with E-state index in [9.17, 15) is 0 Å². The van der Waals surface area contributed by atoms with E-state index in [2.05, 4.69) is 159 Å². The summed E-state index contributed by atoms with van der Waals surface area (Å²) in [7, 11) is 0. The van der Waals surface area contributed by atoms with E-state index in [1.165, 1.54) is 72.0 Å². The number of para-hydroxylation sites is 1. The summed E-state index contributed by atoms with van der Waals surface area (Å²) in [6, 6.07) is 51.8. The Hall–Kier alpha value is -5.68. The van der Waals surface area contributed by atoms with Crippen molar-refractivity contribution in [3.8, 4) is 16.8 Å². The van der Waals surface area contributed by atoms with Crippen LogP contribution in [0.5, 0.6) is 0 Å². The maximum atomic E-state index is 5.67. The molecule has 2 aliphatic carbocycles. The standard InChI is InChI=1S/C28H23N.C11H11N.C7H8.C2H6.H4N2/c1-18-9-8-10-19(17-18)29-24-14-7-5-12-21(24)27-25(29)16-15-23-26(27)20-11-4-6-13-22(20)28(23,2)3;12-11-7-6-10(8-11)9-4-2-1-3-5-9;1-7-5-3-2-4-6-7;2*1-2/h4-17H,1-3H3;1-7H,8,12H2;2-6H,1H3;1-2H3;1-2H2. The molecule has 0 spiro atoms. The van der Waals surface area contributed by atoms with Crippen LogP contribution in [0.4, 0.5) is 0 Å². The molecule has 6 aromatic carbocycles. The van der Waals surface area contributed by atoms with E-state index in [1.807, 2.05) is 56.3 Å². The van der Waals surface area contributed by atoms with Crippen molar-refractivity contribution in [3.63, 3.8) is 0 Å². The van der Waals surface area contributed by atoms with Gasteiger partial charge in [-0.3, -0.25) is 11.7 Å². The molecule has 0 aliphatic heterocycles. The molecule has 264 valence electrons. The van der Waals surface area contributed by atoms with Gasteiger partial charge in [-0.15, -0.1) is 0 Å². The fourth-order valence-electron chi connectivity index (χ4n) is 7.23. The van der Waals surface area contributed by atoms with Gasteiger partial charge >= 0.3 is 0 Å². The molecule has 0 radical (unpaired) electrons. The van der Waals surface area contributed by atoms with Crippen molar-refractivity contribution in [2.24, 2.45) is 17.4 Å². The number of hydrogen-bond acceptors (Lipinski definition) is 3. The number of aryl methyl sites for hydroxylation is 2. The van der Waals surface area contributed by atoms with Gasteiger partial charge in [0.15, 0.2) is 0 Å². The normalized spacial score (nSPS) is 13.0. The van der Waals surface area contributed by atoms with Crippen molar-refractivity contribution < 1.29 is 0 Å². The van der Waals surface area contributed by atoms with Crippen LogP contribution in [0.3, 0.4) is 0 Å². The lowest BCUT2D eigenvalue weighted by Gasteiger charge is -2.21. The van der Waals surface area contributed by atoms with Crippen LogP contribution in [0.1, 0.15) is 61.9 Å². The van der Waals surface area contributed by atoms with Crippen molar-refractivity contribution in [3.05, 3.63) is 191 Å². The van der Waals surface area contributed by atoms with Crippen LogP contribution in [0.2, 0.25) is 0 Å². The molecule has 1 aromatic heterocycles. The fraction of sp³-hybridized carbons (Fsp3) is 0.167. The van der Waals surface area contributed by atoms with Crippen LogP contribution in [-0.2, 0) is 5.41 Å². The van der Waals surface area contributed by atoms with Crippen molar-refractivity contribution in [1.82, 2.24) is 4.57 Å². The van der Waals surface area contributed by atoms with Crippen LogP contribution >= 0.6 is 0 Å².